The smallest absolute Gasteiger partial charge is 0.212 e. The molecule has 4 nitrogen and oxygen atoms in total. The Kier molecular flexibility index (Phi) is 5.96. The number of rotatable bonds is 6. The van der Waals surface area contributed by atoms with Gasteiger partial charge in [-0.2, -0.15) is 11.8 Å². The fraction of sp³-hybridized carbons (Fsp3) is 1.00. The van der Waals surface area contributed by atoms with Gasteiger partial charge in [-0.1, -0.05) is 6.42 Å². The number of hydrogen-bond donors (Lipinski definition) is 2. The van der Waals surface area contributed by atoms with Gasteiger partial charge in [-0.3, -0.25) is 0 Å². The molecule has 1 heterocycles. The predicted molar refractivity (Wildman–Crippen MR) is 65.8 cm³/mol. The number of sulfonamides is 1. The highest BCUT2D eigenvalue weighted by Crippen LogP contribution is 2.24. The normalized spacial score (nSPS) is 22.9. The lowest BCUT2D eigenvalue weighted by Gasteiger charge is -2.21. The van der Waals surface area contributed by atoms with E-state index in [2.05, 4.69) is 10.0 Å². The lowest BCUT2D eigenvalue weighted by atomic mass is 10.2. The number of nitrogens with one attached hydrogen (secondary N) is 2. The summed E-state index contributed by atoms with van der Waals surface area (Å²) in [5.74, 6) is 1.34. The van der Waals surface area contributed by atoms with Crippen LogP contribution in [-0.4, -0.2) is 45.3 Å². The van der Waals surface area contributed by atoms with E-state index in [0.29, 0.717) is 18.3 Å². The van der Waals surface area contributed by atoms with Crippen LogP contribution in [0.15, 0.2) is 0 Å². The van der Waals surface area contributed by atoms with Gasteiger partial charge >= 0.3 is 0 Å². The monoisotopic (exact) mass is 252 g/mol. The third-order valence-electron chi connectivity index (χ3n) is 2.43. The molecular weight excluding hydrogens is 232 g/mol. The van der Waals surface area contributed by atoms with Crippen LogP contribution >= 0.6 is 11.8 Å². The molecule has 0 aromatic carbocycles. The summed E-state index contributed by atoms with van der Waals surface area (Å²) in [6.45, 7) is 1.10. The summed E-state index contributed by atoms with van der Waals surface area (Å²) in [4.78, 5) is 0. The summed E-state index contributed by atoms with van der Waals surface area (Å²) >= 11 is 1.89. The van der Waals surface area contributed by atoms with E-state index >= 15 is 0 Å². The molecule has 1 aliphatic rings. The Morgan fingerprint density at radius 1 is 1.40 bits per heavy atom. The van der Waals surface area contributed by atoms with Gasteiger partial charge in [0.2, 0.25) is 10.0 Å². The van der Waals surface area contributed by atoms with E-state index < -0.39 is 10.0 Å². The first-order chi connectivity index (χ1) is 7.14. The Morgan fingerprint density at radius 2 is 2.20 bits per heavy atom. The zero-order valence-corrected chi connectivity index (χ0v) is 10.8. The molecule has 1 atom stereocenters. The zero-order valence-electron chi connectivity index (χ0n) is 9.16. The van der Waals surface area contributed by atoms with Gasteiger partial charge in [-0.25, -0.2) is 13.1 Å². The standard InChI is InChI=1S/C9H20N2O2S2/c1-10-5-7-15(12,13)11-8-9-4-2-3-6-14-9/h9-11H,2-8H2,1H3. The van der Waals surface area contributed by atoms with E-state index in [9.17, 15) is 8.42 Å². The average Bonchev–Trinajstić information content (AvgIpc) is 2.25. The second kappa shape index (κ2) is 6.73. The maximum absolute atomic E-state index is 11.5. The molecule has 6 heteroatoms. The maximum atomic E-state index is 11.5. The fourth-order valence-electron chi connectivity index (χ4n) is 1.50. The third kappa shape index (κ3) is 5.75. The largest absolute Gasteiger partial charge is 0.319 e. The Balaban J connectivity index is 2.22. The molecule has 15 heavy (non-hydrogen) atoms. The van der Waals surface area contributed by atoms with Crippen molar-refractivity contribution in [2.24, 2.45) is 0 Å². The van der Waals surface area contributed by atoms with Gasteiger partial charge in [0.25, 0.3) is 0 Å². The molecule has 1 saturated heterocycles. The van der Waals surface area contributed by atoms with Crippen LogP contribution in [-0.2, 0) is 10.0 Å². The quantitative estimate of drug-likeness (QED) is 0.719. The average molecular weight is 252 g/mol. The minimum atomic E-state index is -3.07. The van der Waals surface area contributed by atoms with Crippen molar-refractivity contribution in [3.63, 3.8) is 0 Å². The van der Waals surface area contributed by atoms with Crippen molar-refractivity contribution in [2.75, 3.05) is 31.6 Å². The molecule has 1 unspecified atom stereocenters. The summed E-state index contributed by atoms with van der Waals surface area (Å²) in [5.41, 5.74) is 0. The molecule has 2 N–H and O–H groups in total. The van der Waals surface area contributed by atoms with Crippen LogP contribution in [0.3, 0.4) is 0 Å². The molecule has 1 fully saturated rings. The van der Waals surface area contributed by atoms with Crippen LogP contribution in [0, 0.1) is 0 Å². The Hall–Kier alpha value is 0.220. The van der Waals surface area contributed by atoms with Crippen molar-refractivity contribution in [3.8, 4) is 0 Å². The molecule has 0 radical (unpaired) electrons. The molecule has 0 aliphatic carbocycles. The van der Waals surface area contributed by atoms with Crippen LogP contribution in [0.4, 0.5) is 0 Å². The molecule has 0 amide bonds. The summed E-state index contributed by atoms with van der Waals surface area (Å²) in [7, 11) is -1.31. The molecule has 1 aliphatic heterocycles. The second-order valence-corrected chi connectivity index (χ2v) is 7.09. The highest BCUT2D eigenvalue weighted by Gasteiger charge is 2.16. The summed E-state index contributed by atoms with van der Waals surface area (Å²) in [6, 6.07) is 0. The molecular formula is C9H20N2O2S2. The molecule has 0 spiro atoms. The summed E-state index contributed by atoms with van der Waals surface area (Å²) < 4.78 is 25.6. The van der Waals surface area contributed by atoms with Gasteiger partial charge in [0.15, 0.2) is 0 Å². The van der Waals surface area contributed by atoms with Crippen LogP contribution in [0.2, 0.25) is 0 Å². The van der Waals surface area contributed by atoms with E-state index in [1.54, 1.807) is 7.05 Å². The van der Waals surface area contributed by atoms with Crippen LogP contribution in [0.25, 0.3) is 0 Å². The van der Waals surface area contributed by atoms with E-state index in [1.807, 2.05) is 11.8 Å². The van der Waals surface area contributed by atoms with Gasteiger partial charge in [-0.15, -0.1) is 0 Å². The van der Waals surface area contributed by atoms with Crippen molar-refractivity contribution in [3.05, 3.63) is 0 Å². The van der Waals surface area contributed by atoms with Crippen molar-refractivity contribution in [1.29, 1.82) is 0 Å². The predicted octanol–water partition coefficient (Wildman–Crippen LogP) is 0.411. The van der Waals surface area contributed by atoms with Crippen LogP contribution in [0.1, 0.15) is 19.3 Å². The Bertz CT molecular complexity index is 261. The van der Waals surface area contributed by atoms with E-state index in [-0.39, 0.29) is 5.75 Å². The molecule has 90 valence electrons. The first-order valence-corrected chi connectivity index (χ1v) is 8.08. The first-order valence-electron chi connectivity index (χ1n) is 5.37. The van der Waals surface area contributed by atoms with Gasteiger partial charge in [0, 0.05) is 18.3 Å². The highest BCUT2D eigenvalue weighted by molar-refractivity contribution is 8.00. The fourth-order valence-corrected chi connectivity index (χ4v) is 3.91. The molecule has 0 saturated carbocycles. The molecule has 1 rings (SSSR count). The maximum Gasteiger partial charge on any atom is 0.212 e. The van der Waals surface area contributed by atoms with Crippen molar-refractivity contribution >= 4 is 21.8 Å². The van der Waals surface area contributed by atoms with E-state index in [1.165, 1.54) is 18.6 Å². The molecule has 0 aromatic heterocycles. The van der Waals surface area contributed by atoms with Gasteiger partial charge in [0.05, 0.1) is 5.75 Å². The Labute approximate surface area is 96.6 Å². The summed E-state index contributed by atoms with van der Waals surface area (Å²) in [5, 5.41) is 3.31. The first kappa shape index (κ1) is 13.3. The minimum Gasteiger partial charge on any atom is -0.319 e. The SMILES string of the molecule is CNCCS(=O)(=O)NCC1CCCCS1. The van der Waals surface area contributed by atoms with Gasteiger partial charge in [-0.05, 0) is 25.6 Å². The second-order valence-electron chi connectivity index (χ2n) is 3.76. The van der Waals surface area contributed by atoms with Crippen molar-refractivity contribution in [2.45, 2.75) is 24.5 Å². The lowest BCUT2D eigenvalue weighted by molar-refractivity contribution is 0.571. The molecule has 0 bridgehead atoms. The lowest BCUT2D eigenvalue weighted by Crippen LogP contribution is -2.35. The molecule has 0 aromatic rings. The van der Waals surface area contributed by atoms with E-state index in [4.69, 9.17) is 0 Å². The zero-order chi connectivity index (χ0) is 11.1. The van der Waals surface area contributed by atoms with Gasteiger partial charge in [0.1, 0.15) is 0 Å². The summed E-state index contributed by atoms with van der Waals surface area (Å²) in [6.07, 6.45) is 3.64. The van der Waals surface area contributed by atoms with Crippen LogP contribution < -0.4 is 10.0 Å². The number of hydrogen-bond acceptors (Lipinski definition) is 4. The highest BCUT2D eigenvalue weighted by atomic mass is 32.2. The minimum absolute atomic E-state index is 0.168. The number of thioether (sulfide) groups is 1. The van der Waals surface area contributed by atoms with E-state index in [0.717, 1.165) is 6.42 Å². The Morgan fingerprint density at radius 3 is 2.80 bits per heavy atom. The van der Waals surface area contributed by atoms with Crippen molar-refractivity contribution < 1.29 is 8.42 Å². The van der Waals surface area contributed by atoms with Gasteiger partial charge < -0.3 is 5.32 Å². The van der Waals surface area contributed by atoms with Crippen molar-refractivity contribution in [1.82, 2.24) is 10.0 Å². The topological polar surface area (TPSA) is 58.2 Å². The van der Waals surface area contributed by atoms with Crippen LogP contribution in [0.5, 0.6) is 0 Å². The third-order valence-corrected chi connectivity index (χ3v) is 5.17.